The Balaban J connectivity index is 2.16. The first-order valence-corrected chi connectivity index (χ1v) is 7.42. The molecule has 1 fully saturated rings. The first kappa shape index (κ1) is 14.4. The van der Waals surface area contributed by atoms with Gasteiger partial charge in [-0.1, -0.05) is 28.9 Å². The topological polar surface area (TPSA) is 40.5 Å². The number of halogens is 1. The smallest absolute Gasteiger partial charge is 0.303 e. The van der Waals surface area contributed by atoms with Gasteiger partial charge in [0.1, 0.15) is 0 Å². The summed E-state index contributed by atoms with van der Waals surface area (Å²) in [6, 6.07) is 6.34. The third-order valence-corrected chi connectivity index (χ3v) is 4.73. The summed E-state index contributed by atoms with van der Waals surface area (Å²) >= 11 is 3.56. The van der Waals surface area contributed by atoms with Crippen LogP contribution in [0.1, 0.15) is 31.7 Å². The number of anilines is 1. The number of aryl methyl sites for hydroxylation is 1. The second-order valence-corrected chi connectivity index (χ2v) is 6.69. The van der Waals surface area contributed by atoms with Gasteiger partial charge in [-0.05, 0) is 42.9 Å². The van der Waals surface area contributed by atoms with E-state index in [1.165, 1.54) is 11.3 Å². The lowest BCUT2D eigenvalue weighted by molar-refractivity contribution is -0.139. The van der Waals surface area contributed by atoms with Crippen LogP contribution in [-0.4, -0.2) is 24.2 Å². The van der Waals surface area contributed by atoms with E-state index in [0.717, 1.165) is 30.4 Å². The van der Waals surface area contributed by atoms with Crippen molar-refractivity contribution >= 4 is 27.6 Å². The standard InChI is InChI=1S/C15H20BrNO2/c1-11-4-5-12(8-13(11)16)17-7-3-6-15(2,10-17)9-14(18)19/h4-5,8H,3,6-7,9-10H2,1-2H3,(H,18,19). The van der Waals surface area contributed by atoms with Crippen LogP contribution in [0.25, 0.3) is 0 Å². The minimum Gasteiger partial charge on any atom is -0.481 e. The number of rotatable bonds is 3. The predicted molar refractivity (Wildman–Crippen MR) is 80.7 cm³/mol. The van der Waals surface area contributed by atoms with Gasteiger partial charge in [0, 0.05) is 23.2 Å². The predicted octanol–water partition coefficient (Wildman–Crippen LogP) is 3.84. The summed E-state index contributed by atoms with van der Waals surface area (Å²) in [6.07, 6.45) is 2.29. The maximum absolute atomic E-state index is 11.0. The highest BCUT2D eigenvalue weighted by Gasteiger charge is 2.33. The number of benzene rings is 1. The minimum absolute atomic E-state index is 0.124. The summed E-state index contributed by atoms with van der Waals surface area (Å²) in [6.45, 7) is 5.97. The van der Waals surface area contributed by atoms with E-state index in [0.29, 0.717) is 0 Å². The number of nitrogens with zero attached hydrogens (tertiary/aromatic N) is 1. The first-order valence-electron chi connectivity index (χ1n) is 6.63. The molecular weight excluding hydrogens is 306 g/mol. The van der Waals surface area contributed by atoms with Crippen LogP contribution < -0.4 is 4.90 Å². The third kappa shape index (κ3) is 3.50. The molecule has 4 heteroatoms. The molecule has 19 heavy (non-hydrogen) atoms. The molecule has 1 unspecified atom stereocenters. The Bertz CT molecular complexity index is 489. The van der Waals surface area contributed by atoms with E-state index in [2.05, 4.69) is 52.9 Å². The van der Waals surface area contributed by atoms with E-state index in [4.69, 9.17) is 5.11 Å². The van der Waals surface area contributed by atoms with Crippen molar-refractivity contribution in [1.29, 1.82) is 0 Å². The van der Waals surface area contributed by atoms with Crippen LogP contribution in [0.2, 0.25) is 0 Å². The van der Waals surface area contributed by atoms with Crippen LogP contribution in [0.5, 0.6) is 0 Å². The van der Waals surface area contributed by atoms with Crippen LogP contribution in [0, 0.1) is 12.3 Å². The molecule has 104 valence electrons. The van der Waals surface area contributed by atoms with Crippen LogP contribution in [0.3, 0.4) is 0 Å². The highest BCUT2D eigenvalue weighted by Crippen LogP contribution is 2.36. The van der Waals surface area contributed by atoms with Gasteiger partial charge in [0.2, 0.25) is 0 Å². The molecule has 1 N–H and O–H groups in total. The fraction of sp³-hybridized carbons (Fsp3) is 0.533. The fourth-order valence-corrected chi connectivity index (χ4v) is 3.19. The van der Waals surface area contributed by atoms with Gasteiger partial charge in [0.05, 0.1) is 6.42 Å². The molecule has 0 saturated carbocycles. The molecule has 1 heterocycles. The third-order valence-electron chi connectivity index (χ3n) is 3.88. The van der Waals surface area contributed by atoms with Crippen molar-refractivity contribution in [3.05, 3.63) is 28.2 Å². The molecule has 0 amide bonds. The van der Waals surface area contributed by atoms with Gasteiger partial charge >= 0.3 is 5.97 Å². The van der Waals surface area contributed by atoms with Crippen molar-refractivity contribution in [2.45, 2.75) is 33.1 Å². The maximum Gasteiger partial charge on any atom is 0.303 e. The molecule has 1 aromatic carbocycles. The van der Waals surface area contributed by atoms with Crippen LogP contribution >= 0.6 is 15.9 Å². The van der Waals surface area contributed by atoms with Gasteiger partial charge < -0.3 is 10.0 Å². The van der Waals surface area contributed by atoms with Crippen molar-refractivity contribution in [3.8, 4) is 0 Å². The molecule has 1 aliphatic rings. The monoisotopic (exact) mass is 325 g/mol. The van der Waals surface area contributed by atoms with Crippen molar-refractivity contribution in [2.24, 2.45) is 5.41 Å². The zero-order chi connectivity index (χ0) is 14.0. The molecule has 3 nitrogen and oxygen atoms in total. The number of hydrogen-bond acceptors (Lipinski definition) is 2. The maximum atomic E-state index is 11.0. The molecule has 1 aliphatic heterocycles. The largest absolute Gasteiger partial charge is 0.481 e. The number of hydrogen-bond donors (Lipinski definition) is 1. The van der Waals surface area contributed by atoms with E-state index in [9.17, 15) is 4.79 Å². The zero-order valence-electron chi connectivity index (χ0n) is 11.4. The molecule has 0 bridgehead atoms. The van der Waals surface area contributed by atoms with Crippen molar-refractivity contribution < 1.29 is 9.90 Å². The van der Waals surface area contributed by atoms with Crippen LogP contribution in [0.15, 0.2) is 22.7 Å². The highest BCUT2D eigenvalue weighted by atomic mass is 79.9. The van der Waals surface area contributed by atoms with E-state index in [-0.39, 0.29) is 11.8 Å². The van der Waals surface area contributed by atoms with Crippen molar-refractivity contribution in [2.75, 3.05) is 18.0 Å². The SMILES string of the molecule is Cc1ccc(N2CCCC(C)(CC(=O)O)C2)cc1Br. The Hall–Kier alpha value is -1.03. The molecule has 1 saturated heterocycles. The summed E-state index contributed by atoms with van der Waals surface area (Å²) < 4.78 is 1.11. The lowest BCUT2D eigenvalue weighted by Gasteiger charge is -2.41. The normalized spacial score (nSPS) is 23.4. The summed E-state index contributed by atoms with van der Waals surface area (Å²) in [5, 5.41) is 9.04. The molecule has 2 rings (SSSR count). The lowest BCUT2D eigenvalue weighted by Crippen LogP contribution is -2.42. The van der Waals surface area contributed by atoms with Gasteiger partial charge in [-0.3, -0.25) is 4.79 Å². The molecule has 1 aromatic rings. The van der Waals surface area contributed by atoms with Gasteiger partial charge in [-0.15, -0.1) is 0 Å². The lowest BCUT2D eigenvalue weighted by atomic mass is 9.79. The number of aliphatic carboxylic acids is 1. The number of carboxylic acids is 1. The fourth-order valence-electron chi connectivity index (χ4n) is 2.82. The minimum atomic E-state index is -0.700. The Labute approximate surface area is 122 Å². The van der Waals surface area contributed by atoms with E-state index >= 15 is 0 Å². The zero-order valence-corrected chi connectivity index (χ0v) is 13.0. The summed E-state index contributed by atoms with van der Waals surface area (Å²) in [5.74, 6) is -0.700. The van der Waals surface area contributed by atoms with E-state index < -0.39 is 5.97 Å². The van der Waals surface area contributed by atoms with Gasteiger partial charge in [-0.2, -0.15) is 0 Å². The van der Waals surface area contributed by atoms with Crippen molar-refractivity contribution in [3.63, 3.8) is 0 Å². The number of carboxylic acid groups (broad SMARTS) is 1. The second kappa shape index (κ2) is 5.53. The summed E-state index contributed by atoms with van der Waals surface area (Å²) in [4.78, 5) is 13.3. The van der Waals surface area contributed by atoms with Gasteiger partial charge in [0.15, 0.2) is 0 Å². The van der Waals surface area contributed by atoms with Gasteiger partial charge in [-0.25, -0.2) is 0 Å². The molecule has 0 radical (unpaired) electrons. The van der Waals surface area contributed by atoms with Crippen LogP contribution in [0.4, 0.5) is 5.69 Å². The molecule has 1 atom stereocenters. The van der Waals surface area contributed by atoms with E-state index in [1.54, 1.807) is 0 Å². The highest BCUT2D eigenvalue weighted by molar-refractivity contribution is 9.10. The average molecular weight is 326 g/mol. The number of carbonyl (C=O) groups is 1. The summed E-state index contributed by atoms with van der Waals surface area (Å²) in [7, 11) is 0. The Kier molecular flexibility index (Phi) is 4.19. The second-order valence-electron chi connectivity index (χ2n) is 5.84. The molecule has 0 aromatic heterocycles. The quantitative estimate of drug-likeness (QED) is 0.917. The number of piperidine rings is 1. The van der Waals surface area contributed by atoms with Crippen LogP contribution in [-0.2, 0) is 4.79 Å². The first-order chi connectivity index (χ1) is 8.89. The molecule has 0 aliphatic carbocycles. The summed E-state index contributed by atoms with van der Waals surface area (Å²) in [5.41, 5.74) is 2.27. The average Bonchev–Trinajstić information content (AvgIpc) is 2.31. The Morgan fingerprint density at radius 1 is 1.53 bits per heavy atom. The molecular formula is C15H20BrNO2. The van der Waals surface area contributed by atoms with E-state index in [1.807, 2.05) is 0 Å². The van der Waals surface area contributed by atoms with Crippen molar-refractivity contribution in [1.82, 2.24) is 0 Å². The Morgan fingerprint density at radius 3 is 2.89 bits per heavy atom. The van der Waals surface area contributed by atoms with Gasteiger partial charge in [0.25, 0.3) is 0 Å². The molecule has 0 spiro atoms. The Morgan fingerprint density at radius 2 is 2.26 bits per heavy atom.